The lowest BCUT2D eigenvalue weighted by molar-refractivity contribution is -0.127. The first-order valence-corrected chi connectivity index (χ1v) is 8.68. The van der Waals surface area contributed by atoms with Gasteiger partial charge in [0.15, 0.2) is 5.96 Å². The molecule has 1 aromatic heterocycles. The minimum Gasteiger partial charge on any atom is -0.357 e. The molecule has 0 aliphatic carbocycles. The lowest BCUT2D eigenvalue weighted by Gasteiger charge is -2.12. The van der Waals surface area contributed by atoms with Crippen LogP contribution in [0, 0.1) is 0 Å². The van der Waals surface area contributed by atoms with Crippen LogP contribution < -0.4 is 10.6 Å². The average molecular weight is 379 g/mol. The zero-order valence-electron chi connectivity index (χ0n) is 15.1. The molecule has 1 amide bonds. The van der Waals surface area contributed by atoms with Crippen molar-refractivity contribution < 1.29 is 9.32 Å². The van der Waals surface area contributed by atoms with Crippen LogP contribution in [-0.2, 0) is 11.2 Å². The van der Waals surface area contributed by atoms with E-state index < -0.39 is 0 Å². The van der Waals surface area contributed by atoms with Crippen LogP contribution in [0.25, 0.3) is 11.4 Å². The summed E-state index contributed by atoms with van der Waals surface area (Å²) in [5.41, 5.74) is 0.842. The highest BCUT2D eigenvalue weighted by Crippen LogP contribution is 2.18. The minimum atomic E-state index is -0.0632. The smallest absolute Gasteiger partial charge is 0.243 e. The van der Waals surface area contributed by atoms with E-state index in [1.54, 1.807) is 26.2 Å². The number of rotatable bonds is 7. The highest BCUT2D eigenvalue weighted by atomic mass is 35.5. The van der Waals surface area contributed by atoms with E-state index in [0.29, 0.717) is 42.2 Å². The summed E-state index contributed by atoms with van der Waals surface area (Å²) >= 11 is 5.88. The van der Waals surface area contributed by atoms with Crippen molar-refractivity contribution in [3.05, 3.63) is 35.2 Å². The standard InChI is InChI=1S/C17H23ClN6O2/c1-4-19-17(21-11-15(25)24(2)3)20-10-9-14-22-16(23-26-14)12-5-7-13(18)8-6-12/h5-8H,4,9-11H2,1-3H3,(H2,19,20,21). The topological polar surface area (TPSA) is 95.7 Å². The van der Waals surface area contributed by atoms with Crippen molar-refractivity contribution in [2.24, 2.45) is 4.99 Å². The Morgan fingerprint density at radius 1 is 1.27 bits per heavy atom. The van der Waals surface area contributed by atoms with Gasteiger partial charge in [0, 0.05) is 44.2 Å². The lowest BCUT2D eigenvalue weighted by Crippen LogP contribution is -2.39. The summed E-state index contributed by atoms with van der Waals surface area (Å²) < 4.78 is 5.27. The van der Waals surface area contributed by atoms with E-state index in [1.807, 2.05) is 19.1 Å². The SMILES string of the molecule is CCNC(=NCC(=O)N(C)C)NCCc1nc(-c2ccc(Cl)cc2)no1. The Kier molecular flexibility index (Phi) is 7.40. The van der Waals surface area contributed by atoms with E-state index in [4.69, 9.17) is 16.1 Å². The Labute approximate surface area is 157 Å². The lowest BCUT2D eigenvalue weighted by atomic mass is 10.2. The fraction of sp³-hybridized carbons (Fsp3) is 0.412. The van der Waals surface area contributed by atoms with Gasteiger partial charge in [0.1, 0.15) is 6.54 Å². The highest BCUT2D eigenvalue weighted by Gasteiger charge is 2.09. The van der Waals surface area contributed by atoms with Crippen LogP contribution in [0.5, 0.6) is 0 Å². The zero-order valence-corrected chi connectivity index (χ0v) is 15.9. The summed E-state index contributed by atoms with van der Waals surface area (Å²) in [6.45, 7) is 3.29. The fourth-order valence-electron chi connectivity index (χ4n) is 1.99. The number of likely N-dealkylation sites (N-methyl/N-ethyl adjacent to an activating group) is 1. The number of halogens is 1. The average Bonchev–Trinajstić information content (AvgIpc) is 3.08. The van der Waals surface area contributed by atoms with Crippen molar-refractivity contribution in [2.75, 3.05) is 33.7 Å². The van der Waals surface area contributed by atoms with Gasteiger partial charge in [0.25, 0.3) is 0 Å². The number of carbonyl (C=O) groups is 1. The van der Waals surface area contributed by atoms with E-state index >= 15 is 0 Å². The molecule has 0 fully saturated rings. The molecule has 0 bridgehead atoms. The van der Waals surface area contributed by atoms with Crippen molar-refractivity contribution in [3.8, 4) is 11.4 Å². The van der Waals surface area contributed by atoms with Crippen molar-refractivity contribution in [1.82, 2.24) is 25.7 Å². The van der Waals surface area contributed by atoms with Crippen LogP contribution in [0.3, 0.4) is 0 Å². The van der Waals surface area contributed by atoms with E-state index in [-0.39, 0.29) is 12.5 Å². The number of amides is 1. The number of aliphatic imine (C=N–C) groups is 1. The third-order valence-corrected chi connectivity index (χ3v) is 3.67. The molecule has 0 saturated heterocycles. The molecule has 26 heavy (non-hydrogen) atoms. The molecule has 0 radical (unpaired) electrons. The summed E-state index contributed by atoms with van der Waals surface area (Å²) in [4.78, 5) is 21.8. The molecule has 2 rings (SSSR count). The van der Waals surface area contributed by atoms with E-state index in [1.165, 1.54) is 4.90 Å². The van der Waals surface area contributed by atoms with Crippen molar-refractivity contribution >= 4 is 23.5 Å². The van der Waals surface area contributed by atoms with Crippen molar-refractivity contribution in [2.45, 2.75) is 13.3 Å². The van der Waals surface area contributed by atoms with Gasteiger partial charge < -0.3 is 20.1 Å². The normalized spacial score (nSPS) is 11.3. The van der Waals surface area contributed by atoms with E-state index in [0.717, 1.165) is 5.56 Å². The number of guanidine groups is 1. The van der Waals surface area contributed by atoms with Gasteiger partial charge in [-0.1, -0.05) is 16.8 Å². The first-order chi connectivity index (χ1) is 12.5. The summed E-state index contributed by atoms with van der Waals surface area (Å²) in [5.74, 6) is 1.54. The molecule has 2 aromatic rings. The van der Waals surface area contributed by atoms with Gasteiger partial charge in [-0.25, -0.2) is 4.99 Å². The second-order valence-electron chi connectivity index (χ2n) is 5.68. The van der Waals surface area contributed by atoms with Gasteiger partial charge in [-0.3, -0.25) is 4.79 Å². The molecule has 1 aromatic carbocycles. The van der Waals surface area contributed by atoms with Crippen LogP contribution in [-0.4, -0.2) is 60.6 Å². The van der Waals surface area contributed by atoms with Gasteiger partial charge in [0.05, 0.1) is 0 Å². The number of benzene rings is 1. The molecule has 9 heteroatoms. The third-order valence-electron chi connectivity index (χ3n) is 3.42. The van der Waals surface area contributed by atoms with Crippen LogP contribution in [0.1, 0.15) is 12.8 Å². The van der Waals surface area contributed by atoms with Gasteiger partial charge >= 0.3 is 0 Å². The Morgan fingerprint density at radius 2 is 2.00 bits per heavy atom. The number of hydrogen-bond acceptors (Lipinski definition) is 5. The molecule has 0 atom stereocenters. The van der Waals surface area contributed by atoms with Crippen molar-refractivity contribution in [3.63, 3.8) is 0 Å². The quantitative estimate of drug-likeness (QED) is 0.561. The summed E-state index contributed by atoms with van der Waals surface area (Å²) in [5, 5.41) is 10.9. The molecule has 140 valence electrons. The first-order valence-electron chi connectivity index (χ1n) is 8.30. The predicted octanol–water partition coefficient (Wildman–Crippen LogP) is 1.58. The van der Waals surface area contributed by atoms with Crippen LogP contribution >= 0.6 is 11.6 Å². The molecular formula is C17H23ClN6O2. The van der Waals surface area contributed by atoms with Gasteiger partial charge in [0.2, 0.25) is 17.6 Å². The van der Waals surface area contributed by atoms with Crippen LogP contribution in [0.4, 0.5) is 0 Å². The van der Waals surface area contributed by atoms with Crippen LogP contribution in [0.15, 0.2) is 33.8 Å². The molecule has 0 unspecified atom stereocenters. The highest BCUT2D eigenvalue weighted by molar-refractivity contribution is 6.30. The second kappa shape index (κ2) is 9.76. The minimum absolute atomic E-state index is 0.0632. The van der Waals surface area contributed by atoms with E-state index in [9.17, 15) is 4.79 Å². The molecule has 0 spiro atoms. The molecule has 0 aliphatic heterocycles. The maximum atomic E-state index is 11.6. The fourth-order valence-corrected chi connectivity index (χ4v) is 2.12. The number of aromatic nitrogens is 2. The maximum Gasteiger partial charge on any atom is 0.243 e. The first kappa shape index (κ1) is 19.7. The second-order valence-corrected chi connectivity index (χ2v) is 6.12. The Balaban J connectivity index is 1.88. The predicted molar refractivity (Wildman–Crippen MR) is 101 cm³/mol. The summed E-state index contributed by atoms with van der Waals surface area (Å²) in [7, 11) is 3.40. The number of hydrogen-bond donors (Lipinski definition) is 2. The summed E-state index contributed by atoms with van der Waals surface area (Å²) in [6.07, 6.45) is 0.534. The van der Waals surface area contributed by atoms with Crippen LogP contribution in [0.2, 0.25) is 5.02 Å². The van der Waals surface area contributed by atoms with Gasteiger partial charge in [-0.2, -0.15) is 4.98 Å². The molecule has 0 saturated carbocycles. The number of carbonyl (C=O) groups excluding carboxylic acids is 1. The monoisotopic (exact) mass is 378 g/mol. The van der Waals surface area contributed by atoms with Gasteiger partial charge in [-0.15, -0.1) is 0 Å². The molecule has 1 heterocycles. The molecular weight excluding hydrogens is 356 g/mol. The molecule has 8 nitrogen and oxygen atoms in total. The van der Waals surface area contributed by atoms with E-state index in [2.05, 4.69) is 25.8 Å². The molecule has 2 N–H and O–H groups in total. The third kappa shape index (κ3) is 6.03. The van der Waals surface area contributed by atoms with Gasteiger partial charge in [-0.05, 0) is 31.2 Å². The number of nitrogens with zero attached hydrogens (tertiary/aromatic N) is 4. The zero-order chi connectivity index (χ0) is 18.9. The largest absolute Gasteiger partial charge is 0.357 e. The Morgan fingerprint density at radius 3 is 2.65 bits per heavy atom. The number of nitrogens with one attached hydrogen (secondary N) is 2. The Bertz CT molecular complexity index is 742. The Hall–Kier alpha value is -2.61. The maximum absolute atomic E-state index is 11.6. The van der Waals surface area contributed by atoms with Crippen molar-refractivity contribution in [1.29, 1.82) is 0 Å². The molecule has 0 aliphatic rings. The summed E-state index contributed by atoms with van der Waals surface area (Å²) in [6, 6.07) is 7.24.